The zero-order valence-electron chi connectivity index (χ0n) is 60.8. The highest BCUT2D eigenvalue weighted by Crippen LogP contribution is 2.44. The summed E-state index contributed by atoms with van der Waals surface area (Å²) in [6.07, 6.45) is 39.4. The van der Waals surface area contributed by atoms with Crippen molar-refractivity contribution in [3.8, 4) is 0 Å². The third-order valence-corrected chi connectivity index (χ3v) is 26.8. The minimum absolute atomic E-state index is 0.258. The molecule has 8 heterocycles. The van der Waals surface area contributed by atoms with Crippen LogP contribution in [0.5, 0.6) is 0 Å². The Balaban J connectivity index is 0.000000481. The third-order valence-electron chi connectivity index (χ3n) is 20.2. The number of hydrogen-bond donors (Lipinski definition) is 0. The van der Waals surface area contributed by atoms with E-state index in [9.17, 15) is 0 Å². The summed E-state index contributed by atoms with van der Waals surface area (Å²) in [5.41, 5.74) is 1.53. The lowest BCUT2D eigenvalue weighted by molar-refractivity contribution is -0.0149. The van der Waals surface area contributed by atoms with E-state index < -0.39 is 0 Å². The summed E-state index contributed by atoms with van der Waals surface area (Å²) in [4.78, 5) is 0. The third kappa shape index (κ3) is 35.9. The maximum Gasteiger partial charge on any atom is 0.0683 e. The molecule has 8 aliphatic rings. The Morgan fingerprint density at radius 2 is 1.06 bits per heavy atom. The van der Waals surface area contributed by atoms with Crippen LogP contribution in [0.2, 0.25) is 0 Å². The molecule has 8 aliphatic heterocycles. The number of rotatable bonds is 22. The quantitative estimate of drug-likeness (QED) is 0.106. The zero-order valence-corrected chi connectivity index (χ0v) is 64.1. The Morgan fingerprint density at radius 1 is 0.464 bits per heavy atom. The van der Waals surface area contributed by atoms with Gasteiger partial charge in [0.05, 0.1) is 30.5 Å². The van der Waals surface area contributed by atoms with E-state index in [1.807, 2.05) is 0 Å². The van der Waals surface area contributed by atoms with Crippen molar-refractivity contribution in [1.29, 1.82) is 0 Å². The Bertz CT molecular complexity index is 1320. The molecule has 0 bridgehead atoms. The van der Waals surface area contributed by atoms with Crippen LogP contribution in [-0.2, 0) is 18.9 Å². The van der Waals surface area contributed by atoms with Crippen molar-refractivity contribution in [3.05, 3.63) is 0 Å². The van der Waals surface area contributed by atoms with Crippen LogP contribution >= 0.6 is 47.0 Å². The Labute approximate surface area is 546 Å². The smallest absolute Gasteiger partial charge is 0.0683 e. The first-order chi connectivity index (χ1) is 39.9. The molecule has 0 aromatic rings. The first kappa shape index (κ1) is 83.3. The van der Waals surface area contributed by atoms with Crippen LogP contribution in [0.3, 0.4) is 0 Å². The molecule has 0 saturated carbocycles. The second-order valence-corrected chi connectivity index (χ2v) is 36.0. The highest BCUT2D eigenvalue weighted by atomic mass is 32.2. The van der Waals surface area contributed by atoms with Crippen LogP contribution in [0, 0.1) is 58.2 Å². The van der Waals surface area contributed by atoms with Crippen LogP contribution in [0.4, 0.5) is 0 Å². The van der Waals surface area contributed by atoms with Gasteiger partial charge in [-0.3, -0.25) is 0 Å². The maximum atomic E-state index is 5.82. The lowest BCUT2D eigenvalue weighted by Crippen LogP contribution is -2.28. The van der Waals surface area contributed by atoms with Crippen molar-refractivity contribution < 1.29 is 18.9 Å². The lowest BCUT2D eigenvalue weighted by Gasteiger charge is -2.28. The standard InChI is InChI=1S/4C10H20O.2C10H20S.2C8H16S/c1-4-10-6-9(7-11-10)5-8(2)3;1-4-10(7-9(2)3)5-6-11-8-10;1-4-9-5-6-10(11-9)7-8(2)3;1-4-10(8-9(2)3)6-5-7-11-10;1-4-10-6-9(7-11-10)5-8(2)3;1-4-9-5-6-10(11-9)7-8(2)3;1-3-8(4-2)5-6-9-7-8;1-3-8(4-2)6-5-7-9-8/h8-10H,4-7H2,1-3H3;9H,4-8H2,1-3H3;8-10H,4-7H2,1-3H3;9H,4-8H2,1-3H3;2*8-10H,4-7H2,1-3H3;2*3-7H2,1-2H3. The van der Waals surface area contributed by atoms with E-state index in [2.05, 4.69) is 199 Å². The Morgan fingerprint density at radius 3 is 1.44 bits per heavy atom. The van der Waals surface area contributed by atoms with Gasteiger partial charge in [-0.2, -0.15) is 47.0 Å². The minimum atomic E-state index is 0.258. The topological polar surface area (TPSA) is 36.9 Å². The van der Waals surface area contributed by atoms with Gasteiger partial charge in [0.15, 0.2) is 0 Å². The van der Waals surface area contributed by atoms with Gasteiger partial charge in [0.25, 0.3) is 0 Å². The van der Waals surface area contributed by atoms with Gasteiger partial charge in [-0.1, -0.05) is 152 Å². The molecule has 10 unspecified atom stereocenters. The minimum Gasteiger partial charge on any atom is -0.381 e. The molecule has 0 aromatic heterocycles. The fourth-order valence-corrected chi connectivity index (χ4v) is 20.9. The van der Waals surface area contributed by atoms with Gasteiger partial charge < -0.3 is 18.9 Å². The fraction of sp³-hybridized carbons (Fsp3) is 1.00. The normalized spacial score (nSPS) is 30.1. The van der Waals surface area contributed by atoms with Crippen LogP contribution < -0.4 is 0 Å². The van der Waals surface area contributed by atoms with Gasteiger partial charge in [-0.15, -0.1) is 0 Å². The summed E-state index contributed by atoms with van der Waals surface area (Å²) in [7, 11) is 0. The van der Waals surface area contributed by atoms with E-state index in [0.29, 0.717) is 28.5 Å². The molecular formula is C76H152O4S4. The molecule has 504 valence electrons. The first-order valence-corrected chi connectivity index (χ1v) is 41.0. The number of ether oxygens (including phenoxy) is 4. The molecular weight excluding hydrogens is 1110 g/mol. The Hall–Kier alpha value is 1.24. The van der Waals surface area contributed by atoms with Crippen molar-refractivity contribution in [2.45, 2.75) is 377 Å². The van der Waals surface area contributed by atoms with E-state index >= 15 is 0 Å². The summed E-state index contributed by atoms with van der Waals surface area (Å²) in [6.45, 7) is 54.5. The summed E-state index contributed by atoms with van der Waals surface area (Å²) < 4.78 is 23.4. The lowest BCUT2D eigenvalue weighted by atomic mass is 9.77. The van der Waals surface area contributed by atoms with Gasteiger partial charge in [0.1, 0.15) is 0 Å². The largest absolute Gasteiger partial charge is 0.381 e. The predicted molar refractivity (Wildman–Crippen MR) is 389 cm³/mol. The summed E-state index contributed by atoms with van der Waals surface area (Å²) in [5, 5.41) is 2.96. The molecule has 0 spiro atoms. The SMILES string of the molecule is CCC1(CC(C)C)CCCO1.CCC1(CC(C)C)CCOC1.CCC1(CC)CCCS1.CCC1(CC)CCSC1.CCC1CC(CC(C)C)CO1.CCC1CC(CC(C)C)CS1.CCC1CCC(CC(C)C)O1.CCC1CCC(CC(C)C)S1. The second-order valence-electron chi connectivity index (χ2n) is 30.4. The molecule has 10 atom stereocenters. The average Bonchev–Trinajstić information content (AvgIpc) is 4.48. The van der Waals surface area contributed by atoms with Gasteiger partial charge in [0.2, 0.25) is 0 Å². The molecule has 0 aliphatic carbocycles. The molecule has 8 heteroatoms. The molecule has 4 nitrogen and oxygen atoms in total. The van der Waals surface area contributed by atoms with Crippen molar-refractivity contribution >= 4 is 47.0 Å². The molecule has 8 rings (SSSR count). The summed E-state index contributed by atoms with van der Waals surface area (Å²) in [5.74, 6) is 12.5. The van der Waals surface area contributed by atoms with Gasteiger partial charge in [0, 0.05) is 40.3 Å². The van der Waals surface area contributed by atoms with E-state index in [1.54, 1.807) is 0 Å². The summed E-state index contributed by atoms with van der Waals surface area (Å²) in [6, 6.07) is 0. The van der Waals surface area contributed by atoms with Crippen LogP contribution in [0.25, 0.3) is 0 Å². The van der Waals surface area contributed by atoms with Gasteiger partial charge in [-0.05, 0) is 261 Å². The van der Waals surface area contributed by atoms with Crippen molar-refractivity contribution in [1.82, 2.24) is 0 Å². The number of thioether (sulfide) groups is 4. The van der Waals surface area contributed by atoms with Crippen LogP contribution in [0.1, 0.15) is 332 Å². The van der Waals surface area contributed by atoms with Gasteiger partial charge >= 0.3 is 0 Å². The average molecular weight is 1260 g/mol. The maximum absolute atomic E-state index is 5.82. The number of hydrogen-bond acceptors (Lipinski definition) is 8. The van der Waals surface area contributed by atoms with E-state index in [0.717, 1.165) is 94.9 Å². The second kappa shape index (κ2) is 47.2. The zero-order chi connectivity index (χ0) is 63.2. The van der Waals surface area contributed by atoms with E-state index in [1.165, 1.54) is 203 Å². The van der Waals surface area contributed by atoms with Crippen molar-refractivity contribution in [3.63, 3.8) is 0 Å². The predicted octanol–water partition coefficient (Wildman–Crippen LogP) is 25.0. The molecule has 0 aromatic carbocycles. The molecule has 8 fully saturated rings. The summed E-state index contributed by atoms with van der Waals surface area (Å²) >= 11 is 8.75. The van der Waals surface area contributed by atoms with E-state index in [-0.39, 0.29) is 5.60 Å². The molecule has 8 saturated heterocycles. The Kier molecular flexibility index (Phi) is 46.7. The van der Waals surface area contributed by atoms with Crippen molar-refractivity contribution in [2.75, 3.05) is 49.4 Å². The van der Waals surface area contributed by atoms with Crippen LogP contribution in [-0.4, -0.2) is 93.8 Å². The molecule has 84 heavy (non-hydrogen) atoms. The highest BCUT2D eigenvalue weighted by Gasteiger charge is 2.35. The fourth-order valence-electron chi connectivity index (χ4n) is 14.6. The monoisotopic (exact) mass is 1260 g/mol. The van der Waals surface area contributed by atoms with E-state index in [4.69, 9.17) is 18.9 Å². The first-order valence-electron chi connectivity index (χ1n) is 36.9. The van der Waals surface area contributed by atoms with Gasteiger partial charge in [-0.25, -0.2) is 0 Å². The molecule has 0 radical (unpaired) electrons. The highest BCUT2D eigenvalue weighted by molar-refractivity contribution is 8.01. The molecule has 0 N–H and O–H groups in total. The molecule has 0 amide bonds. The van der Waals surface area contributed by atoms with Crippen molar-refractivity contribution in [2.24, 2.45) is 58.2 Å². The van der Waals surface area contributed by atoms with Crippen LogP contribution in [0.15, 0.2) is 0 Å².